The minimum absolute atomic E-state index is 0.0298. The maximum atomic E-state index is 12.7. The van der Waals surface area contributed by atoms with Crippen molar-refractivity contribution < 1.29 is 18.0 Å². The van der Waals surface area contributed by atoms with Gasteiger partial charge in [-0.15, -0.1) is 11.3 Å². The van der Waals surface area contributed by atoms with E-state index in [1.165, 1.54) is 15.9 Å². The second-order valence-electron chi connectivity index (χ2n) is 5.58. The fourth-order valence-electron chi connectivity index (χ4n) is 2.71. The number of alkyl halides is 3. The second-order valence-corrected chi connectivity index (χ2v) is 6.50. The maximum Gasteiger partial charge on any atom is 0.434 e. The summed E-state index contributed by atoms with van der Waals surface area (Å²) in [5.74, 6) is 0.131. The summed E-state index contributed by atoms with van der Waals surface area (Å²) in [6.07, 6.45) is -2.32. The first kappa shape index (κ1) is 16.5. The van der Waals surface area contributed by atoms with Crippen LogP contribution in [-0.2, 0) is 19.1 Å². The van der Waals surface area contributed by atoms with Gasteiger partial charge in [-0.05, 0) is 23.8 Å². The molecule has 0 radical (unpaired) electrons. The fraction of sp³-hybridized carbons (Fsp3) is 0.400. The van der Waals surface area contributed by atoms with E-state index in [-0.39, 0.29) is 11.8 Å². The lowest BCUT2D eigenvalue weighted by Crippen LogP contribution is -2.33. The summed E-state index contributed by atoms with van der Waals surface area (Å²) in [6.45, 7) is 0.731. The van der Waals surface area contributed by atoms with E-state index in [4.69, 9.17) is 5.26 Å². The second kappa shape index (κ2) is 6.28. The summed E-state index contributed by atoms with van der Waals surface area (Å²) in [5, 5.41) is 13.4. The summed E-state index contributed by atoms with van der Waals surface area (Å²) in [7, 11) is 0. The molecule has 0 saturated carbocycles. The van der Waals surface area contributed by atoms with Crippen LogP contribution in [0.1, 0.15) is 33.2 Å². The molecule has 1 N–H and O–H groups in total. The number of thiophene rings is 1. The van der Waals surface area contributed by atoms with Crippen LogP contribution in [0.25, 0.3) is 0 Å². The highest BCUT2D eigenvalue weighted by Crippen LogP contribution is 2.30. The third kappa shape index (κ3) is 3.28. The minimum atomic E-state index is -4.44. The topological polar surface area (TPSA) is 70.7 Å². The van der Waals surface area contributed by atoms with Gasteiger partial charge in [-0.25, -0.2) is 4.98 Å². The molecule has 0 saturated heterocycles. The van der Waals surface area contributed by atoms with E-state index in [0.717, 1.165) is 6.20 Å². The van der Waals surface area contributed by atoms with E-state index >= 15 is 0 Å². The average molecular weight is 354 g/mol. The number of rotatable bonds is 3. The Balaban J connectivity index is 1.61. The molecule has 1 atom stereocenters. The molecule has 1 amide bonds. The van der Waals surface area contributed by atoms with E-state index in [0.29, 0.717) is 42.2 Å². The van der Waals surface area contributed by atoms with Crippen LogP contribution < -0.4 is 5.32 Å². The molecule has 1 aliphatic rings. The molecule has 24 heavy (non-hydrogen) atoms. The number of nitrogens with one attached hydrogen (secondary N) is 1. The molecule has 3 rings (SSSR count). The number of hydrogen-bond acceptors (Lipinski definition) is 4. The van der Waals surface area contributed by atoms with Gasteiger partial charge in [-0.3, -0.25) is 4.79 Å². The Labute approximate surface area is 139 Å². The predicted molar refractivity (Wildman–Crippen MR) is 80.4 cm³/mol. The van der Waals surface area contributed by atoms with E-state index in [1.807, 2.05) is 6.07 Å². The lowest BCUT2D eigenvalue weighted by molar-refractivity contribution is -0.141. The molecular formula is C15H13F3N4OS. The van der Waals surface area contributed by atoms with Crippen LogP contribution in [0.3, 0.4) is 0 Å². The van der Waals surface area contributed by atoms with Gasteiger partial charge >= 0.3 is 6.18 Å². The predicted octanol–water partition coefficient (Wildman–Crippen LogP) is 2.83. The lowest BCUT2D eigenvalue weighted by atomic mass is 9.99. The largest absolute Gasteiger partial charge is 0.434 e. The van der Waals surface area contributed by atoms with Crippen molar-refractivity contribution in [1.29, 1.82) is 5.26 Å². The van der Waals surface area contributed by atoms with Crippen LogP contribution in [0, 0.1) is 17.2 Å². The SMILES string of the molecule is N#Cc1ccsc1C(=O)NC[C@H]1CCc2nc(C(F)(F)F)cn2C1. The summed E-state index contributed by atoms with van der Waals surface area (Å²) in [6, 6.07) is 3.53. The van der Waals surface area contributed by atoms with Crippen LogP contribution in [0.15, 0.2) is 17.6 Å². The van der Waals surface area contributed by atoms with E-state index in [9.17, 15) is 18.0 Å². The summed E-state index contributed by atoms with van der Waals surface area (Å²) >= 11 is 1.19. The molecule has 126 valence electrons. The zero-order valence-electron chi connectivity index (χ0n) is 12.4. The molecule has 2 aromatic heterocycles. The molecule has 0 fully saturated rings. The molecule has 9 heteroatoms. The van der Waals surface area contributed by atoms with Gasteiger partial charge in [0, 0.05) is 25.7 Å². The van der Waals surface area contributed by atoms with Gasteiger partial charge in [0.1, 0.15) is 16.8 Å². The number of amides is 1. The van der Waals surface area contributed by atoms with Gasteiger partial charge in [0.25, 0.3) is 5.91 Å². The van der Waals surface area contributed by atoms with Gasteiger partial charge in [-0.2, -0.15) is 18.4 Å². The van der Waals surface area contributed by atoms with Gasteiger partial charge < -0.3 is 9.88 Å². The molecule has 3 heterocycles. The van der Waals surface area contributed by atoms with Crippen molar-refractivity contribution in [3.05, 3.63) is 39.6 Å². The first-order chi connectivity index (χ1) is 11.4. The molecule has 0 aliphatic carbocycles. The Morgan fingerprint density at radius 2 is 2.33 bits per heavy atom. The van der Waals surface area contributed by atoms with Gasteiger partial charge in [0.05, 0.1) is 5.56 Å². The first-order valence-corrected chi connectivity index (χ1v) is 8.15. The number of hydrogen-bond donors (Lipinski definition) is 1. The molecule has 0 aromatic carbocycles. The molecule has 2 aromatic rings. The fourth-order valence-corrected chi connectivity index (χ4v) is 3.47. The van der Waals surface area contributed by atoms with Crippen LogP contribution in [0.4, 0.5) is 13.2 Å². The standard InChI is InChI=1S/C15H13F3N4OS/c16-15(17,18)11-8-22-7-9(1-2-12(22)21-11)6-20-14(23)13-10(5-19)3-4-24-13/h3-4,8-9H,1-2,6-7H2,(H,20,23)/t9-/m1/s1. The van der Waals surface area contributed by atoms with Crippen molar-refractivity contribution in [2.75, 3.05) is 6.54 Å². The van der Waals surface area contributed by atoms with Crippen molar-refractivity contribution in [3.8, 4) is 6.07 Å². The summed E-state index contributed by atoms with van der Waals surface area (Å²) in [4.78, 5) is 16.1. The maximum absolute atomic E-state index is 12.7. The Hall–Kier alpha value is -2.34. The average Bonchev–Trinajstić information content (AvgIpc) is 3.17. The van der Waals surface area contributed by atoms with Crippen molar-refractivity contribution in [3.63, 3.8) is 0 Å². The molecule has 0 spiro atoms. The molecule has 5 nitrogen and oxygen atoms in total. The van der Waals surface area contributed by atoms with Gasteiger partial charge in [0.15, 0.2) is 5.69 Å². The summed E-state index contributed by atoms with van der Waals surface area (Å²) in [5.41, 5.74) is -0.549. The Bertz CT molecular complexity index is 802. The monoisotopic (exact) mass is 354 g/mol. The van der Waals surface area contributed by atoms with Crippen LogP contribution in [-0.4, -0.2) is 22.0 Å². The highest BCUT2D eigenvalue weighted by molar-refractivity contribution is 7.12. The van der Waals surface area contributed by atoms with Crippen molar-refractivity contribution in [2.45, 2.75) is 25.6 Å². The van der Waals surface area contributed by atoms with E-state index < -0.39 is 11.9 Å². The number of aromatic nitrogens is 2. The number of imidazole rings is 1. The third-order valence-corrected chi connectivity index (χ3v) is 4.84. The van der Waals surface area contributed by atoms with E-state index in [1.54, 1.807) is 11.4 Å². The molecule has 0 unspecified atom stereocenters. The normalized spacial score (nSPS) is 17.2. The number of nitriles is 1. The minimum Gasteiger partial charge on any atom is -0.351 e. The zero-order valence-corrected chi connectivity index (χ0v) is 13.2. The number of nitrogens with zero attached hydrogens (tertiary/aromatic N) is 3. The number of fused-ring (bicyclic) bond motifs is 1. The van der Waals surface area contributed by atoms with Gasteiger partial charge in [0.2, 0.25) is 0 Å². The summed E-state index contributed by atoms with van der Waals surface area (Å²) < 4.78 is 39.6. The number of carbonyl (C=O) groups excluding carboxylic acids is 1. The Morgan fingerprint density at radius 3 is 3.04 bits per heavy atom. The number of halogens is 3. The quantitative estimate of drug-likeness (QED) is 0.921. The van der Waals surface area contributed by atoms with E-state index in [2.05, 4.69) is 10.3 Å². The Morgan fingerprint density at radius 1 is 1.54 bits per heavy atom. The van der Waals surface area contributed by atoms with Crippen LogP contribution >= 0.6 is 11.3 Å². The Kier molecular flexibility index (Phi) is 4.32. The first-order valence-electron chi connectivity index (χ1n) is 7.27. The van der Waals surface area contributed by atoms with Crippen LogP contribution in [0.5, 0.6) is 0 Å². The highest BCUT2D eigenvalue weighted by Gasteiger charge is 2.35. The highest BCUT2D eigenvalue weighted by atomic mass is 32.1. The van der Waals surface area contributed by atoms with Crippen LogP contribution in [0.2, 0.25) is 0 Å². The number of aryl methyl sites for hydroxylation is 1. The number of carbonyl (C=O) groups is 1. The zero-order chi connectivity index (χ0) is 17.3. The van der Waals surface area contributed by atoms with Crippen molar-refractivity contribution >= 4 is 17.2 Å². The molecule has 1 aliphatic heterocycles. The molecular weight excluding hydrogens is 341 g/mol. The molecule has 0 bridgehead atoms. The van der Waals surface area contributed by atoms with Crippen molar-refractivity contribution in [2.24, 2.45) is 5.92 Å². The lowest BCUT2D eigenvalue weighted by Gasteiger charge is -2.23. The van der Waals surface area contributed by atoms with Gasteiger partial charge in [-0.1, -0.05) is 0 Å². The van der Waals surface area contributed by atoms with Crippen molar-refractivity contribution in [1.82, 2.24) is 14.9 Å². The smallest absolute Gasteiger partial charge is 0.351 e. The third-order valence-electron chi connectivity index (χ3n) is 3.92.